The molecule has 0 radical (unpaired) electrons. The molecule has 0 unspecified atom stereocenters. The van der Waals surface area contributed by atoms with E-state index in [0.717, 1.165) is 25.7 Å². The molecule has 7 nitrogen and oxygen atoms in total. The van der Waals surface area contributed by atoms with E-state index in [1.807, 2.05) is 0 Å². The third kappa shape index (κ3) is 5.58. The van der Waals surface area contributed by atoms with Crippen LogP contribution in [-0.2, 0) is 9.53 Å². The minimum atomic E-state index is -0.437. The Balaban J connectivity index is 1.94. The van der Waals surface area contributed by atoms with E-state index in [-0.39, 0.29) is 17.7 Å². The van der Waals surface area contributed by atoms with E-state index in [2.05, 4.69) is 21.2 Å². The first-order valence-electron chi connectivity index (χ1n) is 8.45. The fourth-order valence-corrected chi connectivity index (χ4v) is 2.97. The normalized spacial score (nSPS) is 16.4. The maximum Gasteiger partial charge on any atom is 0.265 e. The number of hydrogen-bond donors (Lipinski definition) is 3. The topological polar surface area (TPSA) is 92.4 Å². The molecule has 3 N–H and O–H groups in total. The van der Waals surface area contributed by atoms with E-state index < -0.39 is 6.04 Å². The first-order chi connectivity index (χ1) is 11.7. The van der Waals surface area contributed by atoms with Gasteiger partial charge in [-0.25, -0.2) is 5.43 Å². The Morgan fingerprint density at radius 2 is 1.96 bits per heavy atom. The molecule has 1 heterocycles. The van der Waals surface area contributed by atoms with Crippen molar-refractivity contribution in [2.24, 2.45) is 5.92 Å². The zero-order valence-electron chi connectivity index (χ0n) is 14.1. The van der Waals surface area contributed by atoms with Gasteiger partial charge in [0.25, 0.3) is 5.91 Å². The molecule has 7 heteroatoms. The molecule has 0 saturated heterocycles. The Labute approximate surface area is 142 Å². The van der Waals surface area contributed by atoms with Gasteiger partial charge in [-0.3, -0.25) is 20.0 Å². The molecule has 2 rings (SSSR count). The van der Waals surface area contributed by atoms with Gasteiger partial charge in [0.05, 0.1) is 6.61 Å². The number of amides is 2. The lowest BCUT2D eigenvalue weighted by atomic mass is 9.84. The van der Waals surface area contributed by atoms with Crippen LogP contribution in [0.25, 0.3) is 0 Å². The van der Waals surface area contributed by atoms with Gasteiger partial charge in [0.1, 0.15) is 6.04 Å². The Bertz CT molecular complexity index is 518. The van der Waals surface area contributed by atoms with E-state index in [9.17, 15) is 9.59 Å². The number of aromatic nitrogens is 1. The van der Waals surface area contributed by atoms with Gasteiger partial charge < -0.3 is 10.1 Å². The summed E-state index contributed by atoms with van der Waals surface area (Å²) in [6, 6.07) is 2.82. The Morgan fingerprint density at radius 3 is 2.62 bits per heavy atom. The van der Waals surface area contributed by atoms with E-state index in [1.54, 1.807) is 31.6 Å². The number of carbonyl (C=O) groups excluding carboxylic acids is 2. The van der Waals surface area contributed by atoms with Gasteiger partial charge in [-0.2, -0.15) is 0 Å². The molecule has 1 fully saturated rings. The largest absolute Gasteiger partial charge is 0.383 e. The lowest BCUT2D eigenvalue weighted by Crippen LogP contribution is -2.55. The van der Waals surface area contributed by atoms with Gasteiger partial charge in [-0.1, -0.05) is 19.3 Å². The van der Waals surface area contributed by atoms with Crippen molar-refractivity contribution in [1.29, 1.82) is 0 Å². The predicted molar refractivity (Wildman–Crippen MR) is 90.1 cm³/mol. The number of pyridine rings is 1. The molecule has 1 aromatic rings. The maximum atomic E-state index is 12.5. The highest BCUT2D eigenvalue weighted by molar-refractivity contribution is 5.94. The molecule has 1 aliphatic carbocycles. The molecule has 0 spiro atoms. The lowest BCUT2D eigenvalue weighted by molar-refractivity contribution is -0.125. The summed E-state index contributed by atoms with van der Waals surface area (Å²) in [5, 5.41) is 2.86. The summed E-state index contributed by atoms with van der Waals surface area (Å²) in [6.07, 6.45) is 8.54. The first kappa shape index (κ1) is 18.4. The summed E-state index contributed by atoms with van der Waals surface area (Å²) in [5.74, 6) is -0.157. The van der Waals surface area contributed by atoms with Crippen molar-refractivity contribution in [1.82, 2.24) is 21.2 Å². The highest BCUT2D eigenvalue weighted by Gasteiger charge is 2.29. The second-order valence-corrected chi connectivity index (χ2v) is 5.99. The molecular weight excluding hydrogens is 308 g/mol. The standard InChI is InChI=1S/C17H26N4O3/c1-24-12-11-19-17(23)15(13-5-3-2-4-6-13)20-21-16(22)14-7-9-18-10-8-14/h7-10,13,15,20H,2-6,11-12H2,1H3,(H,19,23)(H,21,22)/t15-/m0/s1. The number of nitrogens with zero attached hydrogens (tertiary/aromatic N) is 1. The highest BCUT2D eigenvalue weighted by atomic mass is 16.5. The van der Waals surface area contributed by atoms with Crippen LogP contribution in [0.3, 0.4) is 0 Å². The summed E-state index contributed by atoms with van der Waals surface area (Å²) < 4.78 is 4.96. The second kappa shape index (κ2) is 10.00. The molecule has 0 bridgehead atoms. The summed E-state index contributed by atoms with van der Waals surface area (Å²) in [4.78, 5) is 28.5. The van der Waals surface area contributed by atoms with E-state index in [1.165, 1.54) is 6.42 Å². The van der Waals surface area contributed by atoms with Crippen molar-refractivity contribution in [3.05, 3.63) is 30.1 Å². The second-order valence-electron chi connectivity index (χ2n) is 5.99. The predicted octanol–water partition coefficient (Wildman–Crippen LogP) is 1.03. The third-order valence-corrected chi connectivity index (χ3v) is 4.29. The Morgan fingerprint density at radius 1 is 1.25 bits per heavy atom. The SMILES string of the molecule is COCCNC(=O)[C@@H](NNC(=O)c1ccncc1)C1CCCCC1. The number of ether oxygens (including phenoxy) is 1. The van der Waals surface area contributed by atoms with Crippen LogP contribution in [0.15, 0.2) is 24.5 Å². The summed E-state index contributed by atoms with van der Waals surface area (Å²) in [5.41, 5.74) is 6.10. The van der Waals surface area contributed by atoms with Crippen LogP contribution in [0.4, 0.5) is 0 Å². The number of hydrazine groups is 1. The van der Waals surface area contributed by atoms with Crippen LogP contribution >= 0.6 is 0 Å². The molecule has 24 heavy (non-hydrogen) atoms. The van der Waals surface area contributed by atoms with Gasteiger partial charge in [-0.15, -0.1) is 0 Å². The number of rotatable bonds is 8. The van der Waals surface area contributed by atoms with Crippen LogP contribution in [0.5, 0.6) is 0 Å². The monoisotopic (exact) mass is 334 g/mol. The van der Waals surface area contributed by atoms with Crippen molar-refractivity contribution in [2.75, 3.05) is 20.3 Å². The fraction of sp³-hybridized carbons (Fsp3) is 0.588. The summed E-state index contributed by atoms with van der Waals surface area (Å²) in [7, 11) is 1.60. The van der Waals surface area contributed by atoms with Crippen LogP contribution in [0.2, 0.25) is 0 Å². The van der Waals surface area contributed by atoms with Crippen molar-refractivity contribution in [3.8, 4) is 0 Å². The summed E-state index contributed by atoms with van der Waals surface area (Å²) >= 11 is 0. The van der Waals surface area contributed by atoms with Crippen LogP contribution < -0.4 is 16.2 Å². The van der Waals surface area contributed by atoms with Crippen molar-refractivity contribution in [3.63, 3.8) is 0 Å². The fourth-order valence-electron chi connectivity index (χ4n) is 2.97. The molecule has 1 atom stereocenters. The molecule has 1 aromatic heterocycles. The smallest absolute Gasteiger partial charge is 0.265 e. The number of carbonyl (C=O) groups is 2. The van der Waals surface area contributed by atoms with Crippen LogP contribution in [-0.4, -0.2) is 43.1 Å². The Hall–Kier alpha value is -1.99. The zero-order chi connectivity index (χ0) is 17.2. The molecule has 2 amide bonds. The zero-order valence-corrected chi connectivity index (χ0v) is 14.1. The quantitative estimate of drug-likeness (QED) is 0.488. The minimum Gasteiger partial charge on any atom is -0.383 e. The van der Waals surface area contributed by atoms with E-state index >= 15 is 0 Å². The number of nitrogens with one attached hydrogen (secondary N) is 3. The Kier molecular flexibility index (Phi) is 7.64. The van der Waals surface area contributed by atoms with Crippen molar-refractivity contribution >= 4 is 11.8 Å². The van der Waals surface area contributed by atoms with Gasteiger partial charge in [0, 0.05) is 31.6 Å². The van der Waals surface area contributed by atoms with Gasteiger partial charge in [0.2, 0.25) is 5.91 Å². The average Bonchev–Trinajstić information content (AvgIpc) is 2.63. The lowest BCUT2D eigenvalue weighted by Gasteiger charge is -2.30. The molecular formula is C17H26N4O3. The average molecular weight is 334 g/mol. The van der Waals surface area contributed by atoms with E-state index in [0.29, 0.717) is 18.7 Å². The van der Waals surface area contributed by atoms with Crippen molar-refractivity contribution in [2.45, 2.75) is 38.1 Å². The van der Waals surface area contributed by atoms with E-state index in [4.69, 9.17) is 4.74 Å². The third-order valence-electron chi connectivity index (χ3n) is 4.29. The van der Waals surface area contributed by atoms with Gasteiger partial charge in [-0.05, 0) is 30.9 Å². The molecule has 1 aliphatic rings. The number of hydrogen-bond acceptors (Lipinski definition) is 5. The van der Waals surface area contributed by atoms with Crippen molar-refractivity contribution < 1.29 is 14.3 Å². The molecule has 0 aromatic carbocycles. The first-order valence-corrected chi connectivity index (χ1v) is 8.45. The van der Waals surface area contributed by atoms with Gasteiger partial charge >= 0.3 is 0 Å². The molecule has 1 saturated carbocycles. The summed E-state index contributed by atoms with van der Waals surface area (Å²) in [6.45, 7) is 0.922. The molecule has 132 valence electrons. The minimum absolute atomic E-state index is 0.103. The maximum absolute atomic E-state index is 12.5. The van der Waals surface area contributed by atoms with Crippen LogP contribution in [0.1, 0.15) is 42.5 Å². The number of methoxy groups -OCH3 is 1. The van der Waals surface area contributed by atoms with Crippen LogP contribution in [0, 0.1) is 5.92 Å². The highest BCUT2D eigenvalue weighted by Crippen LogP contribution is 2.26. The molecule has 0 aliphatic heterocycles. The van der Waals surface area contributed by atoms with Gasteiger partial charge in [0.15, 0.2) is 0 Å².